The van der Waals surface area contributed by atoms with Crippen molar-refractivity contribution in [3.63, 3.8) is 0 Å². The first-order valence-electron chi connectivity index (χ1n) is 6.38. The Morgan fingerprint density at radius 1 is 1.05 bits per heavy atom. The van der Waals surface area contributed by atoms with Gasteiger partial charge in [0.15, 0.2) is 0 Å². The van der Waals surface area contributed by atoms with Gasteiger partial charge in [-0.25, -0.2) is 8.78 Å². The van der Waals surface area contributed by atoms with E-state index in [-0.39, 0.29) is 6.04 Å². The topological polar surface area (TPSA) is 21.3 Å². The van der Waals surface area contributed by atoms with Gasteiger partial charge in [0.2, 0.25) is 0 Å². The first-order valence-corrected chi connectivity index (χ1v) is 6.38. The van der Waals surface area contributed by atoms with Crippen LogP contribution in [0.4, 0.5) is 8.78 Å². The van der Waals surface area contributed by atoms with Crippen LogP contribution in [0.3, 0.4) is 0 Å². The summed E-state index contributed by atoms with van der Waals surface area (Å²) in [5.41, 5.74) is 1.66. The van der Waals surface area contributed by atoms with E-state index in [0.717, 1.165) is 17.4 Å². The number of ether oxygens (including phenoxy) is 1. The summed E-state index contributed by atoms with van der Waals surface area (Å²) < 4.78 is 31.7. The van der Waals surface area contributed by atoms with Gasteiger partial charge >= 0.3 is 0 Å². The number of nitrogens with one attached hydrogen (secondary N) is 1. The van der Waals surface area contributed by atoms with Crippen LogP contribution in [-0.4, -0.2) is 14.2 Å². The third kappa shape index (κ3) is 3.54. The number of hydrogen-bond donors (Lipinski definition) is 1. The minimum Gasteiger partial charge on any atom is -0.497 e. The maximum atomic E-state index is 13.3. The van der Waals surface area contributed by atoms with Crippen LogP contribution in [0.25, 0.3) is 0 Å². The van der Waals surface area contributed by atoms with Crippen LogP contribution in [-0.2, 0) is 6.42 Å². The van der Waals surface area contributed by atoms with Crippen LogP contribution in [0.5, 0.6) is 5.75 Å². The largest absolute Gasteiger partial charge is 0.497 e. The van der Waals surface area contributed by atoms with Crippen molar-refractivity contribution in [2.24, 2.45) is 0 Å². The van der Waals surface area contributed by atoms with Gasteiger partial charge in [0.05, 0.1) is 7.11 Å². The number of hydrogen-bond acceptors (Lipinski definition) is 2. The molecule has 1 atom stereocenters. The van der Waals surface area contributed by atoms with Gasteiger partial charge in [-0.2, -0.15) is 0 Å². The maximum absolute atomic E-state index is 13.3. The van der Waals surface area contributed by atoms with E-state index in [1.165, 1.54) is 12.1 Å². The Morgan fingerprint density at radius 2 is 1.65 bits per heavy atom. The molecule has 20 heavy (non-hydrogen) atoms. The van der Waals surface area contributed by atoms with E-state index < -0.39 is 11.6 Å². The number of methoxy groups -OCH3 is 1. The molecule has 4 heteroatoms. The summed E-state index contributed by atoms with van der Waals surface area (Å²) in [6.07, 6.45) is 0.642. The van der Waals surface area contributed by atoms with Crippen molar-refractivity contribution in [1.29, 1.82) is 0 Å². The van der Waals surface area contributed by atoms with E-state index in [1.807, 2.05) is 24.3 Å². The molecule has 0 aliphatic carbocycles. The second-order valence-electron chi connectivity index (χ2n) is 4.60. The highest BCUT2D eigenvalue weighted by Crippen LogP contribution is 2.21. The molecule has 2 nitrogen and oxygen atoms in total. The van der Waals surface area contributed by atoms with Gasteiger partial charge in [0.25, 0.3) is 0 Å². The molecule has 0 spiro atoms. The zero-order valence-electron chi connectivity index (χ0n) is 11.5. The molecule has 0 fully saturated rings. The maximum Gasteiger partial charge on any atom is 0.126 e. The molecular weight excluding hydrogens is 260 g/mol. The molecule has 0 saturated carbocycles. The molecule has 0 aliphatic rings. The van der Waals surface area contributed by atoms with E-state index in [4.69, 9.17) is 4.74 Å². The van der Waals surface area contributed by atoms with Crippen molar-refractivity contribution in [3.05, 3.63) is 65.2 Å². The van der Waals surface area contributed by atoms with Crippen molar-refractivity contribution < 1.29 is 13.5 Å². The molecule has 0 aromatic heterocycles. The summed E-state index contributed by atoms with van der Waals surface area (Å²) in [4.78, 5) is 0. The summed E-state index contributed by atoms with van der Waals surface area (Å²) in [6.45, 7) is 0. The third-order valence-electron chi connectivity index (χ3n) is 3.23. The Balaban J connectivity index is 2.19. The SMILES string of the molecule is CNC(Cc1ccc(OC)cc1)c1cc(F)cc(F)c1. The lowest BCUT2D eigenvalue weighted by Gasteiger charge is -2.17. The van der Waals surface area contributed by atoms with Crippen LogP contribution in [0.2, 0.25) is 0 Å². The van der Waals surface area contributed by atoms with Gasteiger partial charge in [0, 0.05) is 12.1 Å². The molecule has 0 radical (unpaired) electrons. The highest BCUT2D eigenvalue weighted by atomic mass is 19.1. The fraction of sp³-hybridized carbons (Fsp3) is 0.250. The summed E-state index contributed by atoms with van der Waals surface area (Å²) in [5, 5.41) is 3.09. The van der Waals surface area contributed by atoms with Gasteiger partial charge in [-0.05, 0) is 48.9 Å². The smallest absolute Gasteiger partial charge is 0.126 e. The van der Waals surface area contributed by atoms with E-state index >= 15 is 0 Å². The monoisotopic (exact) mass is 277 g/mol. The van der Waals surface area contributed by atoms with Crippen LogP contribution < -0.4 is 10.1 Å². The predicted molar refractivity (Wildman–Crippen MR) is 74.9 cm³/mol. The molecule has 0 bridgehead atoms. The average Bonchev–Trinajstić information content (AvgIpc) is 2.44. The Bertz CT molecular complexity index is 549. The van der Waals surface area contributed by atoms with Crippen molar-refractivity contribution in [3.8, 4) is 5.75 Å². The minimum absolute atomic E-state index is 0.145. The second-order valence-corrected chi connectivity index (χ2v) is 4.60. The first-order chi connectivity index (χ1) is 9.62. The molecular formula is C16H17F2NO. The van der Waals surface area contributed by atoms with Crippen molar-refractivity contribution in [2.45, 2.75) is 12.5 Å². The molecule has 1 N–H and O–H groups in total. The standard InChI is InChI=1S/C16H17F2NO/c1-19-16(12-8-13(17)10-14(18)9-12)7-11-3-5-15(20-2)6-4-11/h3-6,8-10,16,19H,7H2,1-2H3. The van der Waals surface area contributed by atoms with Crippen molar-refractivity contribution in [1.82, 2.24) is 5.32 Å². The number of likely N-dealkylation sites (N-methyl/N-ethyl adjacent to an activating group) is 1. The normalized spacial score (nSPS) is 12.2. The van der Waals surface area contributed by atoms with E-state index in [9.17, 15) is 8.78 Å². The quantitative estimate of drug-likeness (QED) is 0.903. The fourth-order valence-corrected chi connectivity index (χ4v) is 2.16. The Labute approximate surface area is 117 Å². The number of benzene rings is 2. The van der Waals surface area contributed by atoms with Crippen LogP contribution in [0.1, 0.15) is 17.2 Å². The molecule has 0 heterocycles. The molecule has 1 unspecified atom stereocenters. The predicted octanol–water partition coefficient (Wildman–Crippen LogP) is 3.48. The summed E-state index contributed by atoms with van der Waals surface area (Å²) in [5.74, 6) is -0.337. The highest BCUT2D eigenvalue weighted by molar-refractivity contribution is 5.30. The summed E-state index contributed by atoms with van der Waals surface area (Å²) in [7, 11) is 3.39. The molecule has 2 rings (SSSR count). The zero-order valence-corrected chi connectivity index (χ0v) is 11.5. The van der Waals surface area contributed by atoms with Crippen molar-refractivity contribution in [2.75, 3.05) is 14.2 Å². The Morgan fingerprint density at radius 3 is 2.15 bits per heavy atom. The lowest BCUT2D eigenvalue weighted by Crippen LogP contribution is -2.19. The summed E-state index contributed by atoms with van der Waals surface area (Å²) >= 11 is 0. The molecule has 2 aromatic carbocycles. The zero-order chi connectivity index (χ0) is 14.5. The lowest BCUT2D eigenvalue weighted by molar-refractivity contribution is 0.414. The van der Waals surface area contributed by atoms with Gasteiger partial charge < -0.3 is 10.1 Å². The number of rotatable bonds is 5. The molecule has 0 amide bonds. The summed E-state index contributed by atoms with van der Waals surface area (Å²) in [6, 6.07) is 11.1. The minimum atomic E-state index is -0.560. The molecule has 0 saturated heterocycles. The highest BCUT2D eigenvalue weighted by Gasteiger charge is 2.12. The Kier molecular flexibility index (Phi) is 4.69. The van der Waals surface area contributed by atoms with E-state index in [2.05, 4.69) is 5.32 Å². The third-order valence-corrected chi connectivity index (χ3v) is 3.23. The molecule has 2 aromatic rings. The van der Waals surface area contributed by atoms with Crippen LogP contribution >= 0.6 is 0 Å². The van der Waals surface area contributed by atoms with Gasteiger partial charge in [-0.1, -0.05) is 12.1 Å². The molecule has 106 valence electrons. The van der Waals surface area contributed by atoms with Gasteiger partial charge in [-0.3, -0.25) is 0 Å². The van der Waals surface area contributed by atoms with Crippen LogP contribution in [0, 0.1) is 11.6 Å². The van der Waals surface area contributed by atoms with Gasteiger partial charge in [-0.15, -0.1) is 0 Å². The average molecular weight is 277 g/mol. The second kappa shape index (κ2) is 6.48. The first kappa shape index (κ1) is 14.5. The van der Waals surface area contributed by atoms with E-state index in [0.29, 0.717) is 12.0 Å². The number of halogens is 2. The van der Waals surface area contributed by atoms with Gasteiger partial charge in [0.1, 0.15) is 17.4 Å². The Hall–Kier alpha value is -1.94. The fourth-order valence-electron chi connectivity index (χ4n) is 2.16. The lowest BCUT2D eigenvalue weighted by atomic mass is 9.98. The van der Waals surface area contributed by atoms with Crippen molar-refractivity contribution >= 4 is 0 Å². The van der Waals surface area contributed by atoms with Crippen LogP contribution in [0.15, 0.2) is 42.5 Å². The van der Waals surface area contributed by atoms with E-state index in [1.54, 1.807) is 14.2 Å². The molecule has 0 aliphatic heterocycles.